The summed E-state index contributed by atoms with van der Waals surface area (Å²) >= 11 is 0.885. The number of hydrogen-bond donors (Lipinski definition) is 1. The third kappa shape index (κ3) is 4.33. The monoisotopic (exact) mass is 476 g/mol. The number of anilines is 1. The quantitative estimate of drug-likeness (QED) is 0.576. The third-order valence-corrected chi connectivity index (χ3v) is 7.06. The number of hydrogen-bond acceptors (Lipinski definition) is 7. The molecule has 5 rings (SSSR count). The summed E-state index contributed by atoms with van der Waals surface area (Å²) in [6.07, 6.45) is 3.46. The second-order valence-electron chi connectivity index (χ2n) is 9.80. The molecule has 8 nitrogen and oxygen atoms in total. The van der Waals surface area contributed by atoms with Crippen molar-refractivity contribution in [2.45, 2.75) is 26.2 Å². The van der Waals surface area contributed by atoms with E-state index in [4.69, 9.17) is 5.10 Å². The molecule has 2 aliphatic heterocycles. The summed E-state index contributed by atoms with van der Waals surface area (Å²) in [6.45, 7) is 10.9. The first-order valence-corrected chi connectivity index (χ1v) is 12.2. The van der Waals surface area contributed by atoms with Crippen molar-refractivity contribution in [1.82, 2.24) is 24.8 Å². The van der Waals surface area contributed by atoms with Gasteiger partial charge in [0.1, 0.15) is 0 Å². The lowest BCUT2D eigenvalue weighted by atomic mass is 9.84. The van der Waals surface area contributed by atoms with Gasteiger partial charge >= 0.3 is 0 Å². The molecule has 176 valence electrons. The van der Waals surface area contributed by atoms with E-state index in [9.17, 15) is 9.59 Å². The van der Waals surface area contributed by atoms with E-state index in [0.717, 1.165) is 54.8 Å². The maximum absolute atomic E-state index is 11.9. The largest absolute Gasteiger partial charge is 0.369 e. The van der Waals surface area contributed by atoms with E-state index in [0.29, 0.717) is 10.6 Å². The highest BCUT2D eigenvalue weighted by atomic mass is 32.2. The van der Waals surface area contributed by atoms with Crippen LogP contribution >= 0.6 is 11.8 Å². The minimum atomic E-state index is -0.392. The Morgan fingerprint density at radius 3 is 2.50 bits per heavy atom. The highest BCUT2D eigenvalue weighted by molar-refractivity contribution is 8.18. The molecule has 0 atom stereocenters. The van der Waals surface area contributed by atoms with Gasteiger partial charge in [0.25, 0.3) is 11.1 Å². The van der Waals surface area contributed by atoms with Gasteiger partial charge in [-0.25, -0.2) is 9.50 Å². The SMILES string of the molecule is CN1CCN(c2ccc(-c3cnc4ccc(C=C5SC(=O)NC5=O)nn34)cc2C(C)(C)C)CC1. The van der Waals surface area contributed by atoms with Crippen LogP contribution in [0.3, 0.4) is 0 Å². The zero-order valence-electron chi connectivity index (χ0n) is 19.8. The molecule has 1 N–H and O–H groups in total. The van der Waals surface area contributed by atoms with Crippen LogP contribution in [0, 0.1) is 0 Å². The summed E-state index contributed by atoms with van der Waals surface area (Å²) in [5.41, 5.74) is 5.77. The fourth-order valence-electron chi connectivity index (χ4n) is 4.34. The number of aromatic nitrogens is 3. The van der Waals surface area contributed by atoms with Gasteiger partial charge in [0.2, 0.25) is 0 Å². The van der Waals surface area contributed by atoms with Gasteiger partial charge in [-0.3, -0.25) is 14.9 Å². The number of nitrogens with zero attached hydrogens (tertiary/aromatic N) is 5. The molecule has 34 heavy (non-hydrogen) atoms. The average Bonchev–Trinajstić information content (AvgIpc) is 3.35. The van der Waals surface area contributed by atoms with Crippen molar-refractivity contribution >= 4 is 40.3 Å². The first-order valence-electron chi connectivity index (χ1n) is 11.4. The lowest BCUT2D eigenvalue weighted by Crippen LogP contribution is -2.45. The van der Waals surface area contributed by atoms with Gasteiger partial charge < -0.3 is 9.80 Å². The molecule has 2 amide bonds. The lowest BCUT2D eigenvalue weighted by molar-refractivity contribution is -0.115. The molecular weight excluding hydrogens is 448 g/mol. The summed E-state index contributed by atoms with van der Waals surface area (Å²) in [6, 6.07) is 10.3. The Balaban J connectivity index is 1.55. The maximum atomic E-state index is 11.9. The Labute approximate surface area is 203 Å². The third-order valence-electron chi connectivity index (χ3n) is 6.25. The van der Waals surface area contributed by atoms with E-state index < -0.39 is 5.91 Å². The van der Waals surface area contributed by atoms with Gasteiger partial charge in [0, 0.05) is 37.4 Å². The number of amides is 2. The number of piperazine rings is 1. The van der Waals surface area contributed by atoms with Crippen LogP contribution in [0.2, 0.25) is 0 Å². The number of carbonyl (C=O) groups excluding carboxylic acids is 2. The number of imide groups is 1. The van der Waals surface area contributed by atoms with Crippen LogP contribution in [0.15, 0.2) is 41.4 Å². The molecule has 0 radical (unpaired) electrons. The first-order chi connectivity index (χ1) is 16.2. The zero-order valence-corrected chi connectivity index (χ0v) is 20.6. The van der Waals surface area contributed by atoms with Gasteiger partial charge in [-0.05, 0) is 60.1 Å². The van der Waals surface area contributed by atoms with Crippen LogP contribution in [-0.4, -0.2) is 63.9 Å². The molecule has 3 aromatic rings. The molecule has 0 spiro atoms. The van der Waals surface area contributed by atoms with E-state index in [1.165, 1.54) is 11.3 Å². The molecule has 2 aromatic heterocycles. The smallest absolute Gasteiger partial charge is 0.290 e. The molecule has 4 heterocycles. The number of thioether (sulfide) groups is 1. The topological polar surface area (TPSA) is 82.8 Å². The summed E-state index contributed by atoms with van der Waals surface area (Å²) in [5.74, 6) is -0.392. The minimum Gasteiger partial charge on any atom is -0.369 e. The molecule has 2 aliphatic rings. The van der Waals surface area contributed by atoms with Crippen molar-refractivity contribution in [3.63, 3.8) is 0 Å². The second-order valence-corrected chi connectivity index (χ2v) is 10.8. The van der Waals surface area contributed by atoms with E-state index in [-0.39, 0.29) is 10.7 Å². The molecule has 2 saturated heterocycles. The Morgan fingerprint density at radius 2 is 1.82 bits per heavy atom. The van der Waals surface area contributed by atoms with Crippen LogP contribution in [-0.2, 0) is 10.2 Å². The molecule has 0 unspecified atom stereocenters. The number of nitrogens with one attached hydrogen (secondary N) is 1. The first kappa shape index (κ1) is 22.6. The van der Waals surface area contributed by atoms with Gasteiger partial charge in [0.15, 0.2) is 5.65 Å². The van der Waals surface area contributed by atoms with Crippen molar-refractivity contribution in [2.75, 3.05) is 38.1 Å². The average molecular weight is 477 g/mol. The van der Waals surface area contributed by atoms with Crippen molar-refractivity contribution in [3.8, 4) is 11.3 Å². The van der Waals surface area contributed by atoms with Crippen molar-refractivity contribution in [1.29, 1.82) is 0 Å². The predicted octanol–water partition coefficient (Wildman–Crippen LogP) is 3.77. The molecular formula is C25H28N6O2S. The summed E-state index contributed by atoms with van der Waals surface area (Å²) in [7, 11) is 2.17. The number of imidazole rings is 1. The Bertz CT molecular complexity index is 1310. The van der Waals surface area contributed by atoms with E-state index in [1.54, 1.807) is 16.7 Å². The zero-order chi connectivity index (χ0) is 24.0. The molecule has 0 bridgehead atoms. The lowest BCUT2D eigenvalue weighted by Gasteiger charge is -2.37. The number of carbonyl (C=O) groups is 2. The van der Waals surface area contributed by atoms with Crippen LogP contribution in [0.25, 0.3) is 23.0 Å². The standard InChI is InChI=1S/C25H28N6O2S/c1-25(2,3)18-13-16(5-7-19(18)30-11-9-29(4)10-12-30)20-15-26-22-8-6-17(28-31(20)22)14-21-23(32)27-24(33)34-21/h5-8,13-15H,9-12H2,1-4H3,(H,27,32,33). The van der Waals surface area contributed by atoms with E-state index >= 15 is 0 Å². The molecule has 0 aliphatic carbocycles. The molecule has 0 saturated carbocycles. The van der Waals surface area contributed by atoms with Crippen molar-refractivity contribution < 1.29 is 9.59 Å². The van der Waals surface area contributed by atoms with Crippen molar-refractivity contribution in [3.05, 3.63) is 52.7 Å². The maximum Gasteiger partial charge on any atom is 0.290 e. The highest BCUT2D eigenvalue weighted by Crippen LogP contribution is 2.36. The number of fused-ring (bicyclic) bond motifs is 1. The van der Waals surface area contributed by atoms with Crippen LogP contribution < -0.4 is 10.2 Å². The molecule has 2 fully saturated rings. The van der Waals surface area contributed by atoms with Crippen LogP contribution in [0.1, 0.15) is 32.0 Å². The van der Waals surface area contributed by atoms with E-state index in [1.807, 2.05) is 12.3 Å². The number of benzene rings is 1. The normalized spacial score (nSPS) is 18.8. The Kier molecular flexibility index (Phi) is 5.69. The van der Waals surface area contributed by atoms with Crippen molar-refractivity contribution in [2.24, 2.45) is 0 Å². The van der Waals surface area contributed by atoms with Gasteiger partial charge in [-0.2, -0.15) is 5.10 Å². The molecule has 1 aromatic carbocycles. The summed E-state index contributed by atoms with van der Waals surface area (Å²) in [5, 5.41) is 6.61. The fourth-order valence-corrected chi connectivity index (χ4v) is 5.00. The number of rotatable bonds is 3. The van der Waals surface area contributed by atoms with Gasteiger partial charge in [0.05, 0.1) is 22.5 Å². The highest BCUT2D eigenvalue weighted by Gasteiger charge is 2.26. The predicted molar refractivity (Wildman–Crippen MR) is 136 cm³/mol. The van der Waals surface area contributed by atoms with Gasteiger partial charge in [-0.15, -0.1) is 0 Å². The minimum absolute atomic E-state index is 0.0300. The summed E-state index contributed by atoms with van der Waals surface area (Å²) in [4.78, 5) is 33.1. The Morgan fingerprint density at radius 1 is 1.06 bits per heavy atom. The van der Waals surface area contributed by atoms with Crippen LogP contribution in [0.5, 0.6) is 0 Å². The Hall–Kier alpha value is -3.17. The molecule has 9 heteroatoms. The second kappa shape index (κ2) is 8.56. The van der Waals surface area contributed by atoms with Gasteiger partial charge in [-0.1, -0.05) is 26.8 Å². The summed E-state index contributed by atoms with van der Waals surface area (Å²) < 4.78 is 1.79. The number of likely N-dealkylation sites (N-methyl/N-ethyl adjacent to an activating group) is 1. The fraction of sp³-hybridized carbons (Fsp3) is 0.360. The van der Waals surface area contributed by atoms with E-state index in [2.05, 4.69) is 66.1 Å². The van der Waals surface area contributed by atoms with Crippen LogP contribution in [0.4, 0.5) is 10.5 Å².